The van der Waals surface area contributed by atoms with Gasteiger partial charge in [-0.05, 0) is 30.3 Å². The van der Waals surface area contributed by atoms with Gasteiger partial charge in [0, 0.05) is 24.2 Å². The molecule has 0 saturated heterocycles. The molecule has 0 bridgehead atoms. The van der Waals surface area contributed by atoms with E-state index in [-0.39, 0.29) is 42.9 Å². The molecule has 1 atom stereocenters. The molecule has 0 spiro atoms. The fourth-order valence-corrected chi connectivity index (χ4v) is 4.93. The van der Waals surface area contributed by atoms with Crippen molar-refractivity contribution in [1.29, 1.82) is 0 Å². The van der Waals surface area contributed by atoms with E-state index in [1.165, 1.54) is 15.8 Å². The van der Waals surface area contributed by atoms with Crippen LogP contribution in [0.25, 0.3) is 10.9 Å². The first kappa shape index (κ1) is 21.7. The minimum atomic E-state index is -0.700. The zero-order chi connectivity index (χ0) is 24.8. The van der Waals surface area contributed by atoms with E-state index in [4.69, 9.17) is 0 Å². The zero-order valence-corrected chi connectivity index (χ0v) is 19.1. The Morgan fingerprint density at radius 3 is 2.44 bits per heavy atom. The zero-order valence-electron chi connectivity index (χ0n) is 19.1. The quantitative estimate of drug-likeness (QED) is 0.473. The first-order valence-electron chi connectivity index (χ1n) is 11.6. The summed E-state index contributed by atoms with van der Waals surface area (Å²) in [6, 6.07) is 21.1. The van der Waals surface area contributed by atoms with Crippen LogP contribution in [-0.4, -0.2) is 45.3 Å². The summed E-state index contributed by atoms with van der Waals surface area (Å²) in [5.41, 5.74) is 2.54. The highest BCUT2D eigenvalue weighted by molar-refractivity contribution is 6.17. The smallest absolute Gasteiger partial charge is 0.261 e. The van der Waals surface area contributed by atoms with Crippen LogP contribution in [0.4, 0.5) is 5.69 Å². The minimum absolute atomic E-state index is 0.182. The molecule has 36 heavy (non-hydrogen) atoms. The van der Waals surface area contributed by atoms with Crippen LogP contribution in [0.15, 0.2) is 83.9 Å². The highest BCUT2D eigenvalue weighted by Gasteiger charge is 2.47. The number of aromatic nitrogens is 2. The van der Waals surface area contributed by atoms with E-state index in [0.29, 0.717) is 33.3 Å². The summed E-state index contributed by atoms with van der Waals surface area (Å²) in [5.74, 6) is -0.910. The largest absolute Gasteiger partial charge is 0.353 e. The maximum absolute atomic E-state index is 13.4. The summed E-state index contributed by atoms with van der Waals surface area (Å²) in [7, 11) is 0. The minimum Gasteiger partial charge on any atom is -0.353 e. The van der Waals surface area contributed by atoms with Crippen LogP contribution in [0, 0.1) is 0 Å². The van der Waals surface area contributed by atoms with E-state index in [0.717, 1.165) is 0 Å². The summed E-state index contributed by atoms with van der Waals surface area (Å²) in [6.45, 7) is 0.179. The lowest BCUT2D eigenvalue weighted by atomic mass is 10.0. The van der Waals surface area contributed by atoms with E-state index < -0.39 is 6.17 Å². The molecule has 3 heterocycles. The summed E-state index contributed by atoms with van der Waals surface area (Å²) in [5, 5.41) is 3.30. The van der Waals surface area contributed by atoms with E-state index in [2.05, 4.69) is 10.3 Å². The highest BCUT2D eigenvalue weighted by Crippen LogP contribution is 2.44. The standard InChI is InChI=1S/C27H21N5O4/c33-23(28-13-14-30-16-29-21-11-5-3-9-19(21)25(30)34)15-31-24-17-7-1-2-8-18(17)27(36)32(24)22-12-6-4-10-20(22)26(31)35/h1-12,16,24H,13-15H2,(H,28,33). The SMILES string of the molecule is O=C(CN1C(=O)c2ccccc2N2C(=O)c3ccccc3C12)NCCn1cnc2ccccc2c1=O. The molecule has 0 fully saturated rings. The average molecular weight is 479 g/mol. The van der Waals surface area contributed by atoms with Gasteiger partial charge in [0.05, 0.1) is 28.5 Å². The molecule has 4 aromatic rings. The molecule has 2 aliphatic rings. The molecule has 9 nitrogen and oxygen atoms in total. The Bertz CT molecular complexity index is 1610. The van der Waals surface area contributed by atoms with Crippen LogP contribution in [0.2, 0.25) is 0 Å². The van der Waals surface area contributed by atoms with Crippen molar-refractivity contribution >= 4 is 34.3 Å². The number of anilines is 1. The van der Waals surface area contributed by atoms with Gasteiger partial charge in [-0.3, -0.25) is 28.6 Å². The monoisotopic (exact) mass is 479 g/mol. The van der Waals surface area contributed by atoms with Gasteiger partial charge in [-0.15, -0.1) is 0 Å². The van der Waals surface area contributed by atoms with Crippen molar-refractivity contribution in [3.8, 4) is 0 Å². The van der Waals surface area contributed by atoms with Crippen LogP contribution in [0.1, 0.15) is 32.4 Å². The van der Waals surface area contributed by atoms with Crippen LogP contribution in [0.5, 0.6) is 0 Å². The molecule has 3 amide bonds. The second-order valence-corrected chi connectivity index (χ2v) is 8.70. The van der Waals surface area contributed by atoms with Crippen LogP contribution >= 0.6 is 0 Å². The van der Waals surface area contributed by atoms with Crippen molar-refractivity contribution in [3.05, 3.63) is 106 Å². The molecule has 3 aromatic carbocycles. The van der Waals surface area contributed by atoms with Gasteiger partial charge in [-0.2, -0.15) is 0 Å². The normalized spacial score (nSPS) is 16.1. The van der Waals surface area contributed by atoms with Crippen LogP contribution < -0.4 is 15.8 Å². The molecule has 9 heteroatoms. The molecular formula is C27H21N5O4. The molecule has 1 aromatic heterocycles. The lowest BCUT2D eigenvalue weighted by Crippen LogP contribution is -2.51. The maximum atomic E-state index is 13.4. The number of para-hydroxylation sites is 2. The fourth-order valence-electron chi connectivity index (χ4n) is 4.93. The third-order valence-electron chi connectivity index (χ3n) is 6.60. The van der Waals surface area contributed by atoms with Gasteiger partial charge in [0.15, 0.2) is 0 Å². The van der Waals surface area contributed by atoms with E-state index in [1.54, 1.807) is 59.5 Å². The first-order valence-corrected chi connectivity index (χ1v) is 11.6. The van der Waals surface area contributed by atoms with E-state index in [1.807, 2.05) is 18.2 Å². The van der Waals surface area contributed by atoms with Crippen molar-refractivity contribution in [1.82, 2.24) is 19.8 Å². The molecule has 1 N–H and O–H groups in total. The summed E-state index contributed by atoms with van der Waals surface area (Å²) < 4.78 is 1.44. The lowest BCUT2D eigenvalue weighted by Gasteiger charge is -2.40. The fraction of sp³-hybridized carbons (Fsp3) is 0.148. The molecule has 0 saturated carbocycles. The van der Waals surface area contributed by atoms with Crippen LogP contribution in [0.3, 0.4) is 0 Å². The Hall–Kier alpha value is -4.79. The molecular weight excluding hydrogens is 458 g/mol. The Morgan fingerprint density at radius 1 is 0.861 bits per heavy atom. The van der Waals surface area contributed by atoms with Gasteiger partial charge in [-0.25, -0.2) is 4.98 Å². The second kappa shape index (κ2) is 8.46. The summed E-state index contributed by atoms with van der Waals surface area (Å²) in [4.78, 5) is 59.6. The number of hydrogen-bond acceptors (Lipinski definition) is 5. The van der Waals surface area contributed by atoms with Crippen LogP contribution in [-0.2, 0) is 11.3 Å². The predicted molar refractivity (Wildman–Crippen MR) is 132 cm³/mol. The number of carbonyl (C=O) groups is 3. The van der Waals surface area contributed by atoms with Crippen molar-refractivity contribution < 1.29 is 14.4 Å². The maximum Gasteiger partial charge on any atom is 0.261 e. The van der Waals surface area contributed by atoms with Crippen molar-refractivity contribution in [2.45, 2.75) is 12.7 Å². The third kappa shape index (κ3) is 3.36. The summed E-state index contributed by atoms with van der Waals surface area (Å²) in [6.07, 6.45) is 0.759. The van der Waals surface area contributed by atoms with Crippen molar-refractivity contribution in [3.63, 3.8) is 0 Å². The number of benzene rings is 3. The molecule has 178 valence electrons. The number of rotatable bonds is 5. The van der Waals surface area contributed by atoms with Gasteiger partial charge in [0.2, 0.25) is 5.91 Å². The number of fused-ring (bicyclic) bond motifs is 6. The van der Waals surface area contributed by atoms with Crippen molar-refractivity contribution in [2.24, 2.45) is 0 Å². The number of nitrogens with zero attached hydrogens (tertiary/aromatic N) is 4. The van der Waals surface area contributed by atoms with Gasteiger partial charge in [0.1, 0.15) is 12.7 Å². The predicted octanol–water partition coefficient (Wildman–Crippen LogP) is 2.33. The first-order chi connectivity index (χ1) is 17.5. The summed E-state index contributed by atoms with van der Waals surface area (Å²) >= 11 is 0. The van der Waals surface area contributed by atoms with E-state index >= 15 is 0 Å². The molecule has 0 radical (unpaired) electrons. The molecule has 6 rings (SSSR count). The Balaban J connectivity index is 1.22. The number of nitrogens with one attached hydrogen (secondary N) is 1. The average Bonchev–Trinajstić information content (AvgIpc) is 3.20. The third-order valence-corrected chi connectivity index (χ3v) is 6.60. The second-order valence-electron chi connectivity index (χ2n) is 8.70. The Labute approximate surface area is 205 Å². The topological polar surface area (TPSA) is 105 Å². The van der Waals surface area contributed by atoms with Gasteiger partial charge in [0.25, 0.3) is 17.4 Å². The number of hydrogen-bond donors (Lipinski definition) is 1. The number of carbonyl (C=O) groups excluding carboxylic acids is 3. The van der Waals surface area contributed by atoms with Crippen molar-refractivity contribution in [2.75, 3.05) is 18.0 Å². The lowest BCUT2D eigenvalue weighted by molar-refractivity contribution is -0.122. The van der Waals surface area contributed by atoms with Gasteiger partial charge in [-0.1, -0.05) is 42.5 Å². The Kier molecular flexibility index (Phi) is 5.10. The van der Waals surface area contributed by atoms with Gasteiger partial charge >= 0.3 is 0 Å². The van der Waals surface area contributed by atoms with E-state index in [9.17, 15) is 19.2 Å². The Morgan fingerprint density at radius 2 is 1.58 bits per heavy atom. The molecule has 1 unspecified atom stereocenters. The molecule has 2 aliphatic heterocycles. The van der Waals surface area contributed by atoms with Gasteiger partial charge < -0.3 is 10.2 Å². The highest BCUT2D eigenvalue weighted by atomic mass is 16.2. The molecule has 0 aliphatic carbocycles. The number of amides is 3.